The van der Waals surface area contributed by atoms with E-state index in [1.807, 2.05) is 19.4 Å². The van der Waals surface area contributed by atoms with E-state index in [0.717, 1.165) is 0 Å². The molecule has 0 aromatic heterocycles. The monoisotopic (exact) mass is 243 g/mol. The Labute approximate surface area is 74.2 Å². The molecule has 0 atom stereocenters. The molecule has 7 heteroatoms. The molecule has 6 nitrogen and oxygen atoms in total. The van der Waals surface area contributed by atoms with Gasteiger partial charge in [0.1, 0.15) is 0 Å². The summed E-state index contributed by atoms with van der Waals surface area (Å²) in [6.07, 6.45) is -0.497. The van der Waals surface area contributed by atoms with Gasteiger partial charge in [-0.2, -0.15) is 0 Å². The number of rotatable bonds is 3. The summed E-state index contributed by atoms with van der Waals surface area (Å²) in [6.45, 7) is 0. The molecular weight excluding hydrogens is 227 g/mol. The molecule has 0 heterocycles. The molecule has 0 amide bonds. The van der Waals surface area contributed by atoms with Crippen molar-refractivity contribution in [3.8, 4) is 0 Å². The maximum absolute atomic E-state index is 9.63. The third-order valence-electron chi connectivity index (χ3n) is 0.665. The van der Waals surface area contributed by atoms with E-state index in [2.05, 4.69) is 0 Å². The summed E-state index contributed by atoms with van der Waals surface area (Å²) >= 11 is -4.58. The minimum atomic E-state index is -4.58. The summed E-state index contributed by atoms with van der Waals surface area (Å²) in [7, 11) is 4.00. The zero-order valence-electron chi connectivity index (χ0n) is 7.15. The van der Waals surface area contributed by atoms with Gasteiger partial charge in [0.05, 0.1) is 14.1 Å². The van der Waals surface area contributed by atoms with Crippen molar-refractivity contribution in [2.45, 2.75) is 11.7 Å². The minimum absolute atomic E-state index is 0.456. The summed E-state index contributed by atoms with van der Waals surface area (Å²) < 4.78 is 24.8. The molecule has 0 radical (unpaired) electrons. The molecule has 0 unspecified atom stereocenters. The number of hydrogen-bond donors (Lipinski definition) is 4. The topological polar surface area (TPSA) is 117 Å². The Kier molecular flexibility index (Phi) is 8.99. The number of carboxylic acids is 1. The quantitative estimate of drug-likeness (QED) is 0.374. The molecule has 0 saturated carbocycles. The van der Waals surface area contributed by atoms with Crippen LogP contribution in [-0.4, -0.2) is 46.7 Å². The second-order valence-corrected chi connectivity index (χ2v) is 6.52. The predicted molar refractivity (Wildman–Crippen MR) is 40.6 cm³/mol. The zero-order chi connectivity index (χ0) is 10.2. The molecule has 5 N–H and O–H groups in total. The van der Waals surface area contributed by atoms with Crippen LogP contribution in [0.25, 0.3) is 0 Å². The van der Waals surface area contributed by atoms with Gasteiger partial charge < -0.3 is 5.32 Å². The molecule has 74 valence electrons. The van der Waals surface area contributed by atoms with Gasteiger partial charge in [0.2, 0.25) is 0 Å². The first-order valence-electron chi connectivity index (χ1n) is 3.44. The Morgan fingerprint density at radius 1 is 1.42 bits per heavy atom. The molecular formula is C5H15GeNO5. The number of aliphatic carboxylic acids is 1. The van der Waals surface area contributed by atoms with Crippen molar-refractivity contribution >= 4 is 20.2 Å². The van der Waals surface area contributed by atoms with Gasteiger partial charge in [-0.15, -0.1) is 0 Å². The molecule has 0 bridgehead atoms. The Morgan fingerprint density at radius 3 is 1.83 bits per heavy atom. The second kappa shape index (κ2) is 7.50. The van der Waals surface area contributed by atoms with Crippen LogP contribution in [0.5, 0.6) is 0 Å². The van der Waals surface area contributed by atoms with E-state index >= 15 is 0 Å². The number of nitrogens with two attached hydrogens (primary N) is 1. The summed E-state index contributed by atoms with van der Waals surface area (Å²) in [5.41, 5.74) is 0. The van der Waals surface area contributed by atoms with Gasteiger partial charge in [-0.3, -0.25) is 0 Å². The van der Waals surface area contributed by atoms with Crippen LogP contribution in [-0.2, 0) is 4.79 Å². The Hall–Kier alpha value is -0.147. The standard InChI is InChI=1S/C3H8GeO5.C2H7N/c5-3(6)1-2-4(7,8)9;1-3-2/h7-9H,1-2H2,(H,5,6);3H,1-2H3. The first-order valence-corrected chi connectivity index (χ1v) is 7.74. The SMILES string of the molecule is C[NH2+]C.O=C([O-])C[CH2][Ge]([OH])([OH])[OH]. The number of carbonyl (C=O) groups excluding carboxylic acids is 1. The Morgan fingerprint density at radius 2 is 1.75 bits per heavy atom. The van der Waals surface area contributed by atoms with Crippen molar-refractivity contribution in [1.29, 1.82) is 0 Å². The number of quaternary nitrogens is 1. The van der Waals surface area contributed by atoms with Gasteiger partial charge in [-0.1, -0.05) is 0 Å². The number of carbonyl (C=O) groups is 1. The van der Waals surface area contributed by atoms with Crippen LogP contribution in [0.1, 0.15) is 6.42 Å². The van der Waals surface area contributed by atoms with Crippen molar-refractivity contribution in [2.75, 3.05) is 14.1 Å². The van der Waals surface area contributed by atoms with Crippen LogP contribution in [0.15, 0.2) is 0 Å². The van der Waals surface area contributed by atoms with E-state index in [1.54, 1.807) is 0 Å². The summed E-state index contributed by atoms with van der Waals surface area (Å²) in [5.74, 6) is -1.39. The summed E-state index contributed by atoms with van der Waals surface area (Å²) in [4.78, 5) is 9.63. The molecule has 0 aliphatic heterocycles. The average molecular weight is 242 g/mol. The van der Waals surface area contributed by atoms with Crippen molar-refractivity contribution < 1.29 is 27.6 Å². The fraction of sp³-hybridized carbons (Fsp3) is 0.800. The first kappa shape index (κ1) is 14.4. The molecule has 12 heavy (non-hydrogen) atoms. The molecule has 0 spiro atoms. The molecule has 0 aliphatic rings. The van der Waals surface area contributed by atoms with Crippen molar-refractivity contribution in [2.24, 2.45) is 0 Å². The van der Waals surface area contributed by atoms with Crippen LogP contribution in [0.3, 0.4) is 0 Å². The van der Waals surface area contributed by atoms with E-state index in [4.69, 9.17) is 12.4 Å². The van der Waals surface area contributed by atoms with Crippen molar-refractivity contribution in [3.05, 3.63) is 0 Å². The van der Waals surface area contributed by atoms with Gasteiger partial charge >= 0.3 is 54.2 Å². The number of hydrogen-bond acceptors (Lipinski definition) is 5. The third-order valence-corrected chi connectivity index (χ3v) is 2.60. The zero-order valence-corrected chi connectivity index (χ0v) is 9.25. The van der Waals surface area contributed by atoms with Gasteiger partial charge in [0.15, 0.2) is 0 Å². The fourth-order valence-corrected chi connectivity index (χ4v) is 1.40. The van der Waals surface area contributed by atoms with Crippen LogP contribution >= 0.6 is 0 Å². The van der Waals surface area contributed by atoms with E-state index in [9.17, 15) is 9.90 Å². The van der Waals surface area contributed by atoms with Crippen LogP contribution in [0, 0.1) is 0 Å². The second-order valence-electron chi connectivity index (χ2n) is 2.22. The molecule has 0 aromatic carbocycles. The molecule has 0 aliphatic carbocycles. The van der Waals surface area contributed by atoms with Crippen LogP contribution in [0.4, 0.5) is 0 Å². The normalized spacial score (nSPS) is 10.1. The molecule has 0 rings (SSSR count). The first-order chi connectivity index (χ1) is 5.33. The third kappa shape index (κ3) is 22.5. The molecule has 0 saturated heterocycles. The van der Waals surface area contributed by atoms with E-state index in [0.29, 0.717) is 0 Å². The fourth-order valence-electron chi connectivity index (χ4n) is 0.270. The maximum atomic E-state index is 9.63. The summed E-state index contributed by atoms with van der Waals surface area (Å²) in [6, 6.07) is 0. The van der Waals surface area contributed by atoms with Crippen molar-refractivity contribution in [3.63, 3.8) is 0 Å². The molecule has 0 aromatic rings. The predicted octanol–water partition coefficient (Wildman–Crippen LogP) is -4.15. The van der Waals surface area contributed by atoms with E-state index < -0.39 is 31.9 Å². The molecule has 0 fully saturated rings. The average Bonchev–Trinajstić information content (AvgIpc) is 1.84. The number of carboxylic acid groups (broad SMARTS) is 1. The summed E-state index contributed by atoms with van der Waals surface area (Å²) in [5, 5.41) is 11.2. The van der Waals surface area contributed by atoms with Crippen LogP contribution in [0.2, 0.25) is 5.25 Å². The van der Waals surface area contributed by atoms with Gasteiger partial charge in [0, 0.05) is 0 Å². The Bertz CT molecular complexity index is 123. The van der Waals surface area contributed by atoms with Crippen LogP contribution < -0.4 is 10.4 Å². The van der Waals surface area contributed by atoms with E-state index in [-0.39, 0.29) is 0 Å². The van der Waals surface area contributed by atoms with Gasteiger partial charge in [-0.05, 0) is 0 Å². The van der Waals surface area contributed by atoms with E-state index in [1.165, 1.54) is 0 Å². The van der Waals surface area contributed by atoms with Gasteiger partial charge in [0.25, 0.3) is 0 Å². The Balaban J connectivity index is 0. The van der Waals surface area contributed by atoms with Gasteiger partial charge in [-0.25, -0.2) is 0 Å². The van der Waals surface area contributed by atoms with Crippen molar-refractivity contribution in [1.82, 2.24) is 0 Å².